The Morgan fingerprint density at radius 2 is 2.07 bits per heavy atom. The highest BCUT2D eigenvalue weighted by Crippen LogP contribution is 2.40. The summed E-state index contributed by atoms with van der Waals surface area (Å²) < 4.78 is 44.1. The molecule has 1 aliphatic heterocycles. The first-order valence-corrected chi connectivity index (χ1v) is 8.71. The van der Waals surface area contributed by atoms with E-state index in [-0.39, 0.29) is 23.3 Å². The van der Waals surface area contributed by atoms with Crippen molar-refractivity contribution in [2.24, 2.45) is 0 Å². The van der Waals surface area contributed by atoms with Gasteiger partial charge in [0.2, 0.25) is 5.43 Å². The Kier molecular flexibility index (Phi) is 4.14. The highest BCUT2D eigenvalue weighted by atomic mass is 19.1. The van der Waals surface area contributed by atoms with Crippen LogP contribution >= 0.6 is 0 Å². The highest BCUT2D eigenvalue weighted by Gasteiger charge is 2.46. The number of hydrogen-bond acceptors (Lipinski definition) is 4. The number of carboxylic acids is 1. The average molecular weight is 381 g/mol. The van der Waals surface area contributed by atoms with Crippen molar-refractivity contribution < 1.29 is 23.1 Å². The van der Waals surface area contributed by atoms with E-state index in [0.29, 0.717) is 19.6 Å². The van der Waals surface area contributed by atoms with Gasteiger partial charge in [-0.1, -0.05) is 0 Å². The Balaban J connectivity index is 1.94. The molecule has 2 N–H and O–H groups in total. The van der Waals surface area contributed by atoms with Gasteiger partial charge in [-0.25, -0.2) is 18.0 Å². The third kappa shape index (κ3) is 2.86. The molecule has 1 spiro atoms. The molecule has 2 aromatic rings. The summed E-state index contributed by atoms with van der Waals surface area (Å²) in [5.41, 5.74) is -2.30. The number of nitrogens with one attached hydrogen (secondary N) is 1. The van der Waals surface area contributed by atoms with E-state index < -0.39 is 40.7 Å². The Morgan fingerprint density at radius 1 is 1.33 bits per heavy atom. The summed E-state index contributed by atoms with van der Waals surface area (Å²) in [7, 11) is 0. The van der Waals surface area contributed by atoms with Gasteiger partial charge in [0, 0.05) is 31.4 Å². The van der Waals surface area contributed by atoms with Gasteiger partial charge in [0.1, 0.15) is 23.7 Å². The van der Waals surface area contributed by atoms with Crippen LogP contribution in [0.1, 0.15) is 23.2 Å². The molecular formula is C18H18F3N3O3. The maximum atomic E-state index is 15.4. The van der Waals surface area contributed by atoms with Crippen LogP contribution in [0.5, 0.6) is 0 Å². The molecule has 0 unspecified atom stereocenters. The van der Waals surface area contributed by atoms with Gasteiger partial charge in [-0.3, -0.25) is 4.79 Å². The average Bonchev–Trinajstić information content (AvgIpc) is 3.35. The molecule has 2 heterocycles. The lowest BCUT2D eigenvalue weighted by Gasteiger charge is -2.36. The topological polar surface area (TPSA) is 74.6 Å². The number of piperazine rings is 1. The van der Waals surface area contributed by atoms with Crippen molar-refractivity contribution in [2.45, 2.75) is 24.9 Å². The van der Waals surface area contributed by atoms with Gasteiger partial charge in [-0.15, -0.1) is 0 Å². The molecule has 27 heavy (non-hydrogen) atoms. The summed E-state index contributed by atoms with van der Waals surface area (Å²) >= 11 is 0. The van der Waals surface area contributed by atoms with E-state index in [2.05, 4.69) is 5.32 Å². The molecule has 1 aromatic carbocycles. The van der Waals surface area contributed by atoms with Crippen LogP contribution in [0.15, 0.2) is 17.1 Å². The second-order valence-corrected chi connectivity index (χ2v) is 7.11. The molecule has 1 saturated carbocycles. The van der Waals surface area contributed by atoms with Gasteiger partial charge < -0.3 is 19.9 Å². The quantitative estimate of drug-likeness (QED) is 0.846. The lowest BCUT2D eigenvalue weighted by Crippen LogP contribution is -2.53. The molecule has 2 aliphatic rings. The van der Waals surface area contributed by atoms with Crippen LogP contribution in [0.4, 0.5) is 18.9 Å². The van der Waals surface area contributed by atoms with E-state index in [1.165, 1.54) is 0 Å². The van der Waals surface area contributed by atoms with Gasteiger partial charge in [-0.2, -0.15) is 0 Å². The molecule has 0 amide bonds. The summed E-state index contributed by atoms with van der Waals surface area (Å²) in [6, 6.07) is 0.860. The van der Waals surface area contributed by atoms with E-state index in [4.69, 9.17) is 5.11 Å². The third-order valence-corrected chi connectivity index (χ3v) is 5.33. The van der Waals surface area contributed by atoms with E-state index in [9.17, 15) is 18.4 Å². The van der Waals surface area contributed by atoms with Crippen LogP contribution < -0.4 is 15.6 Å². The number of nitrogens with zero attached hydrogens (tertiary/aromatic N) is 2. The number of carboxylic acid groups (broad SMARTS) is 1. The van der Waals surface area contributed by atoms with Gasteiger partial charge >= 0.3 is 5.97 Å². The first-order chi connectivity index (χ1) is 12.9. The molecule has 2 fully saturated rings. The predicted molar refractivity (Wildman–Crippen MR) is 93.2 cm³/mol. The Hall–Kier alpha value is -2.55. The highest BCUT2D eigenvalue weighted by molar-refractivity contribution is 5.93. The maximum Gasteiger partial charge on any atom is 0.341 e. The summed E-state index contributed by atoms with van der Waals surface area (Å²) in [6.45, 7) is 0.172. The Morgan fingerprint density at radius 3 is 2.70 bits per heavy atom. The molecule has 1 aromatic heterocycles. The molecule has 0 bridgehead atoms. The number of carbonyl (C=O) groups is 1. The normalized spacial score (nSPS) is 18.3. The second kappa shape index (κ2) is 6.26. The Bertz CT molecular complexity index is 1000. The van der Waals surface area contributed by atoms with Crippen LogP contribution in [-0.4, -0.2) is 47.5 Å². The smallest absolute Gasteiger partial charge is 0.341 e. The lowest BCUT2D eigenvalue weighted by molar-refractivity contribution is 0.0694. The number of aryl methyl sites for hydroxylation is 1. The second-order valence-electron chi connectivity index (χ2n) is 7.11. The third-order valence-electron chi connectivity index (χ3n) is 5.33. The van der Waals surface area contributed by atoms with E-state index in [1.807, 2.05) is 0 Å². The SMILES string of the molecule is O=C(O)c1cn(CCF)c2c(F)c(N3CCNC4(CC4)C3)c(F)cc2c1=O. The maximum absolute atomic E-state index is 15.4. The number of aromatic nitrogens is 1. The molecule has 1 aliphatic carbocycles. The fourth-order valence-corrected chi connectivity index (χ4v) is 3.82. The van der Waals surface area contributed by atoms with Crippen molar-refractivity contribution in [1.82, 2.24) is 9.88 Å². The van der Waals surface area contributed by atoms with Crippen LogP contribution in [0, 0.1) is 11.6 Å². The van der Waals surface area contributed by atoms with Crippen molar-refractivity contribution in [3.63, 3.8) is 0 Å². The molecular weight excluding hydrogens is 363 g/mol. The molecule has 144 valence electrons. The number of benzene rings is 1. The molecule has 6 nitrogen and oxygen atoms in total. The van der Waals surface area contributed by atoms with Crippen molar-refractivity contribution in [3.05, 3.63) is 39.7 Å². The lowest BCUT2D eigenvalue weighted by atomic mass is 10.1. The van der Waals surface area contributed by atoms with Crippen molar-refractivity contribution >= 4 is 22.6 Å². The fourth-order valence-electron chi connectivity index (χ4n) is 3.82. The zero-order valence-electron chi connectivity index (χ0n) is 14.4. The Labute approximate surface area is 152 Å². The summed E-state index contributed by atoms with van der Waals surface area (Å²) in [5, 5.41) is 12.1. The number of pyridine rings is 1. The van der Waals surface area contributed by atoms with Crippen molar-refractivity contribution in [2.75, 3.05) is 31.2 Å². The minimum absolute atomic E-state index is 0.127. The van der Waals surface area contributed by atoms with E-state index in [1.54, 1.807) is 4.90 Å². The van der Waals surface area contributed by atoms with Gasteiger partial charge in [-0.05, 0) is 18.9 Å². The predicted octanol–water partition coefficient (Wildman–Crippen LogP) is 1.89. The van der Waals surface area contributed by atoms with Gasteiger partial charge in [0.25, 0.3) is 0 Å². The van der Waals surface area contributed by atoms with Crippen molar-refractivity contribution in [3.8, 4) is 0 Å². The number of alkyl halides is 1. The number of anilines is 1. The minimum Gasteiger partial charge on any atom is -0.477 e. The van der Waals surface area contributed by atoms with Gasteiger partial charge in [0.05, 0.1) is 17.4 Å². The molecule has 0 atom stereocenters. The first kappa shape index (κ1) is 17.8. The summed E-state index contributed by atoms with van der Waals surface area (Å²) in [5.74, 6) is -3.42. The number of rotatable bonds is 4. The van der Waals surface area contributed by atoms with E-state index >= 15 is 4.39 Å². The molecule has 0 radical (unpaired) electrons. The zero-order valence-corrected chi connectivity index (χ0v) is 14.4. The summed E-state index contributed by atoms with van der Waals surface area (Å²) in [4.78, 5) is 25.3. The largest absolute Gasteiger partial charge is 0.477 e. The number of halogens is 3. The minimum atomic E-state index is -1.53. The van der Waals surface area contributed by atoms with Crippen LogP contribution in [0.3, 0.4) is 0 Å². The zero-order chi connectivity index (χ0) is 19.3. The number of hydrogen-bond donors (Lipinski definition) is 2. The van der Waals surface area contributed by atoms with Crippen LogP contribution in [-0.2, 0) is 6.54 Å². The summed E-state index contributed by atoms with van der Waals surface area (Å²) in [6.07, 6.45) is 2.77. The fraction of sp³-hybridized carbons (Fsp3) is 0.444. The van der Waals surface area contributed by atoms with Crippen molar-refractivity contribution in [1.29, 1.82) is 0 Å². The van der Waals surface area contributed by atoms with E-state index in [0.717, 1.165) is 29.7 Å². The molecule has 9 heteroatoms. The monoisotopic (exact) mass is 381 g/mol. The standard InChI is InChI=1S/C18H18F3N3O3/c19-3-5-23-8-11(17(26)27)16(25)10-7-12(20)15(13(21)14(10)23)24-6-4-22-18(9-24)1-2-18/h7-8,22H,1-6,9H2,(H,26,27). The first-order valence-electron chi connectivity index (χ1n) is 8.71. The van der Waals surface area contributed by atoms with Crippen LogP contribution in [0.25, 0.3) is 10.9 Å². The number of fused-ring (bicyclic) bond motifs is 1. The van der Waals surface area contributed by atoms with Crippen LogP contribution in [0.2, 0.25) is 0 Å². The number of aromatic carboxylic acids is 1. The molecule has 1 saturated heterocycles. The van der Waals surface area contributed by atoms with Gasteiger partial charge in [0.15, 0.2) is 5.82 Å². The molecule has 4 rings (SSSR count).